The number of anilines is 2. The van der Waals surface area contributed by atoms with Crippen LogP contribution in [0.5, 0.6) is 0 Å². The van der Waals surface area contributed by atoms with E-state index >= 15 is 0 Å². The molecule has 0 aromatic carbocycles. The smallest absolute Gasteiger partial charge is 0.266 e. The van der Waals surface area contributed by atoms with E-state index in [1.807, 2.05) is 20.8 Å². The first-order valence-electron chi connectivity index (χ1n) is 5.54. The molecule has 0 saturated carbocycles. The van der Waals surface area contributed by atoms with Gasteiger partial charge in [0.25, 0.3) is 5.91 Å². The first-order chi connectivity index (χ1) is 8.23. The van der Waals surface area contributed by atoms with E-state index in [1.54, 1.807) is 6.92 Å². The molecular formula is C12H18N4OS. The number of rotatable bonds is 3. The Morgan fingerprint density at radius 3 is 2.67 bits per heavy atom. The minimum atomic E-state index is -0.335. The molecule has 0 fully saturated rings. The molecule has 0 radical (unpaired) electrons. The van der Waals surface area contributed by atoms with Crippen LogP contribution in [-0.2, 0) is 0 Å². The van der Waals surface area contributed by atoms with Crippen molar-refractivity contribution in [2.45, 2.75) is 39.3 Å². The summed E-state index contributed by atoms with van der Waals surface area (Å²) >= 11 is 1.22. The van der Waals surface area contributed by atoms with Crippen molar-refractivity contribution in [1.29, 1.82) is 0 Å². The van der Waals surface area contributed by atoms with E-state index in [4.69, 9.17) is 12.2 Å². The molecule has 1 aromatic heterocycles. The molecule has 4 N–H and O–H groups in total. The number of nitrogens with one attached hydrogen (secondary N) is 2. The molecule has 6 heteroatoms. The Bertz CT molecular complexity index is 481. The molecule has 1 amide bonds. The van der Waals surface area contributed by atoms with E-state index in [0.717, 1.165) is 0 Å². The maximum absolute atomic E-state index is 11.9. The molecule has 0 bridgehead atoms. The summed E-state index contributed by atoms with van der Waals surface area (Å²) in [7, 11) is 0. The minimum Gasteiger partial charge on any atom is -0.382 e. The van der Waals surface area contributed by atoms with Crippen molar-refractivity contribution in [3.05, 3.63) is 4.88 Å². The van der Waals surface area contributed by atoms with Crippen molar-refractivity contribution in [2.75, 3.05) is 11.1 Å². The van der Waals surface area contributed by atoms with Gasteiger partial charge in [-0.25, -0.2) is 4.98 Å². The summed E-state index contributed by atoms with van der Waals surface area (Å²) < 4.78 is 0. The number of terminal acetylenes is 1. The summed E-state index contributed by atoms with van der Waals surface area (Å²) in [5.41, 5.74) is 5.59. The summed E-state index contributed by atoms with van der Waals surface area (Å²) in [6, 6.07) is -0.335. The highest BCUT2D eigenvalue weighted by Gasteiger charge is 2.19. The molecule has 1 atom stereocenters. The highest BCUT2D eigenvalue weighted by molar-refractivity contribution is 7.18. The lowest BCUT2D eigenvalue weighted by molar-refractivity contribution is 0.0953. The van der Waals surface area contributed by atoms with E-state index in [9.17, 15) is 4.79 Å². The molecule has 0 aliphatic heterocycles. The molecule has 1 unspecified atom stereocenters. The molecule has 0 spiro atoms. The summed E-state index contributed by atoms with van der Waals surface area (Å²) in [4.78, 5) is 16.4. The molecule has 0 aliphatic carbocycles. The number of nitrogen functional groups attached to an aromatic ring is 1. The van der Waals surface area contributed by atoms with Gasteiger partial charge in [0.15, 0.2) is 5.13 Å². The van der Waals surface area contributed by atoms with Crippen LogP contribution in [0, 0.1) is 12.3 Å². The number of nitrogens with zero attached hydrogens (tertiary/aromatic N) is 1. The molecular weight excluding hydrogens is 248 g/mol. The van der Waals surface area contributed by atoms with Gasteiger partial charge in [0, 0.05) is 5.54 Å². The van der Waals surface area contributed by atoms with Gasteiger partial charge in [0.05, 0.1) is 6.04 Å². The monoisotopic (exact) mass is 266 g/mol. The largest absolute Gasteiger partial charge is 0.382 e. The zero-order chi connectivity index (χ0) is 13.9. The number of carbonyl (C=O) groups is 1. The van der Waals surface area contributed by atoms with E-state index in [0.29, 0.717) is 10.0 Å². The van der Waals surface area contributed by atoms with Gasteiger partial charge in [-0.2, -0.15) is 0 Å². The first-order valence-corrected chi connectivity index (χ1v) is 6.36. The van der Waals surface area contributed by atoms with Gasteiger partial charge in [-0.3, -0.25) is 4.79 Å². The van der Waals surface area contributed by atoms with Crippen molar-refractivity contribution in [3.63, 3.8) is 0 Å². The quantitative estimate of drug-likeness (QED) is 0.727. The number of aromatic nitrogens is 1. The van der Waals surface area contributed by atoms with Crippen molar-refractivity contribution >= 4 is 28.2 Å². The molecule has 0 aliphatic rings. The van der Waals surface area contributed by atoms with E-state index in [-0.39, 0.29) is 23.3 Å². The van der Waals surface area contributed by atoms with Crippen LogP contribution in [0.1, 0.15) is 37.4 Å². The standard InChI is InChI=1S/C12H18N4OS/c1-6-7(2)14-10(17)8-9(13)15-11(18-8)16-12(3,4)5/h1,7H,13H2,2-5H3,(H,14,17)(H,15,16). The van der Waals surface area contributed by atoms with Crippen molar-refractivity contribution in [1.82, 2.24) is 10.3 Å². The number of hydrogen-bond acceptors (Lipinski definition) is 5. The van der Waals surface area contributed by atoms with Crippen molar-refractivity contribution in [2.24, 2.45) is 0 Å². The topological polar surface area (TPSA) is 80.0 Å². The summed E-state index contributed by atoms with van der Waals surface area (Å²) in [5.74, 6) is 2.35. The van der Waals surface area contributed by atoms with Crippen LogP contribution in [0.4, 0.5) is 10.9 Å². The lowest BCUT2D eigenvalue weighted by atomic mass is 10.1. The predicted molar refractivity (Wildman–Crippen MR) is 75.7 cm³/mol. The highest BCUT2D eigenvalue weighted by atomic mass is 32.1. The zero-order valence-electron chi connectivity index (χ0n) is 11.0. The molecule has 1 rings (SSSR count). The summed E-state index contributed by atoms with van der Waals surface area (Å²) in [5, 5.41) is 6.45. The average Bonchev–Trinajstić information content (AvgIpc) is 2.56. The third-order valence-corrected chi connectivity index (χ3v) is 2.92. The van der Waals surface area contributed by atoms with Crippen LogP contribution >= 0.6 is 11.3 Å². The molecule has 98 valence electrons. The van der Waals surface area contributed by atoms with Crippen LogP contribution in [0.2, 0.25) is 0 Å². The fourth-order valence-corrected chi connectivity index (χ4v) is 2.17. The summed E-state index contributed by atoms with van der Waals surface area (Å²) in [6.45, 7) is 7.74. The van der Waals surface area contributed by atoms with Gasteiger partial charge >= 0.3 is 0 Å². The Balaban J connectivity index is 2.85. The Morgan fingerprint density at radius 2 is 2.17 bits per heavy atom. The Hall–Kier alpha value is -1.74. The van der Waals surface area contributed by atoms with Gasteiger partial charge in [0.1, 0.15) is 10.7 Å². The lowest BCUT2D eigenvalue weighted by Gasteiger charge is -2.19. The number of thiazole rings is 1. The van der Waals surface area contributed by atoms with Gasteiger partial charge in [0.2, 0.25) is 0 Å². The van der Waals surface area contributed by atoms with Gasteiger partial charge in [-0.1, -0.05) is 17.3 Å². The van der Waals surface area contributed by atoms with Gasteiger partial charge in [-0.05, 0) is 27.7 Å². The molecule has 0 saturated heterocycles. The Labute approximate surface area is 111 Å². The first kappa shape index (κ1) is 14.3. The third-order valence-electron chi connectivity index (χ3n) is 1.94. The molecule has 5 nitrogen and oxygen atoms in total. The Kier molecular flexibility index (Phi) is 4.19. The number of amides is 1. The van der Waals surface area contributed by atoms with Gasteiger partial charge in [-0.15, -0.1) is 6.42 Å². The van der Waals surface area contributed by atoms with Crippen molar-refractivity contribution < 1.29 is 4.79 Å². The fraction of sp³-hybridized carbons (Fsp3) is 0.500. The van der Waals surface area contributed by atoms with Crippen LogP contribution in [0.3, 0.4) is 0 Å². The maximum Gasteiger partial charge on any atom is 0.266 e. The second-order valence-electron chi connectivity index (χ2n) is 4.97. The zero-order valence-corrected chi connectivity index (χ0v) is 11.8. The van der Waals surface area contributed by atoms with Crippen molar-refractivity contribution in [3.8, 4) is 12.3 Å². The van der Waals surface area contributed by atoms with E-state index < -0.39 is 0 Å². The van der Waals surface area contributed by atoms with Gasteiger partial charge < -0.3 is 16.4 Å². The second-order valence-corrected chi connectivity index (χ2v) is 5.97. The minimum absolute atomic E-state index is 0.135. The van der Waals surface area contributed by atoms with Crippen LogP contribution < -0.4 is 16.4 Å². The lowest BCUT2D eigenvalue weighted by Crippen LogP contribution is -2.31. The van der Waals surface area contributed by atoms with Crippen LogP contribution in [0.25, 0.3) is 0 Å². The van der Waals surface area contributed by atoms with Crippen LogP contribution in [-0.4, -0.2) is 22.5 Å². The van der Waals surface area contributed by atoms with E-state index in [2.05, 4.69) is 21.5 Å². The Morgan fingerprint density at radius 1 is 1.56 bits per heavy atom. The summed E-state index contributed by atoms with van der Waals surface area (Å²) in [6.07, 6.45) is 5.20. The SMILES string of the molecule is C#CC(C)NC(=O)c1sc(NC(C)(C)C)nc1N. The highest BCUT2D eigenvalue weighted by Crippen LogP contribution is 2.27. The molecule has 1 aromatic rings. The average molecular weight is 266 g/mol. The number of nitrogens with two attached hydrogens (primary N) is 1. The third kappa shape index (κ3) is 3.93. The number of carbonyl (C=O) groups excluding carboxylic acids is 1. The fourth-order valence-electron chi connectivity index (χ4n) is 1.17. The predicted octanol–water partition coefficient (Wildman–Crippen LogP) is 1.69. The molecule has 1 heterocycles. The molecule has 18 heavy (non-hydrogen) atoms. The second kappa shape index (κ2) is 5.27. The van der Waals surface area contributed by atoms with E-state index in [1.165, 1.54) is 11.3 Å². The van der Waals surface area contributed by atoms with Crippen LogP contribution in [0.15, 0.2) is 0 Å². The maximum atomic E-state index is 11.9. The number of hydrogen-bond donors (Lipinski definition) is 3. The normalized spacial score (nSPS) is 12.6.